The van der Waals surface area contributed by atoms with Crippen LogP contribution in [-0.4, -0.2) is 42.9 Å². The van der Waals surface area contributed by atoms with Crippen LogP contribution in [0.1, 0.15) is 34.6 Å². The van der Waals surface area contributed by atoms with Crippen LogP contribution in [0.15, 0.2) is 12.2 Å². The molecule has 4 atom stereocenters. The Bertz CT molecular complexity index is 378. The fourth-order valence-electron chi connectivity index (χ4n) is 0.972. The van der Waals surface area contributed by atoms with Crippen molar-refractivity contribution in [2.75, 3.05) is 0 Å². The molecule has 0 N–H and O–H groups in total. The Hall–Kier alpha value is -0.755. The maximum Gasteiger partial charge on any atom is 0.489 e. The van der Waals surface area contributed by atoms with E-state index >= 15 is 0 Å². The predicted octanol–water partition coefficient (Wildman–Crippen LogP) is 3.28. The highest BCUT2D eigenvalue weighted by Crippen LogP contribution is 2.35. The molecule has 0 saturated carbocycles. The number of carbonyl (C=O) groups excluding carboxylic acids is 2. The van der Waals surface area contributed by atoms with Gasteiger partial charge in [0, 0.05) is 16.1 Å². The summed E-state index contributed by atoms with van der Waals surface area (Å²) < 4.78 is 14.1. The molecular weight excluding hydrogens is 311 g/mol. The molecule has 0 fully saturated rings. The normalized spacial score (nSPS) is 16.2. The van der Waals surface area contributed by atoms with Crippen molar-refractivity contribution >= 4 is 41.8 Å². The van der Waals surface area contributed by atoms with Crippen molar-refractivity contribution in [3.63, 3.8) is 0 Å². The monoisotopic (exact) mass is 332 g/mol. The minimum absolute atomic E-state index is 0.0283. The zero-order valence-corrected chi connectivity index (χ0v) is 14.6. The van der Waals surface area contributed by atoms with Crippen LogP contribution in [0.25, 0.3) is 0 Å². The Balaban J connectivity index is 4.16. The van der Waals surface area contributed by atoms with Crippen molar-refractivity contribution in [3.8, 4) is 0 Å². The lowest BCUT2D eigenvalue weighted by Crippen LogP contribution is -2.26. The summed E-state index contributed by atoms with van der Waals surface area (Å²) in [6.45, 7) is 12.6. The molecule has 0 rings (SSSR count). The first kappa shape index (κ1) is 20.2. The quantitative estimate of drug-likeness (QED) is 0.292. The first-order chi connectivity index (χ1) is 9.68. The fraction of sp³-hybridized carbons (Fsp3) is 0.692. The summed E-state index contributed by atoms with van der Waals surface area (Å²) in [7, 11) is 7.80. The SMILES string of the molecule is [B]OC(=O)OC(C)C(C)SSC(C)C(C)OC(=O)C(=C)C. The summed E-state index contributed by atoms with van der Waals surface area (Å²) >= 11 is 0. The first-order valence-corrected chi connectivity index (χ1v) is 8.72. The third kappa shape index (κ3) is 8.31. The van der Waals surface area contributed by atoms with E-state index in [9.17, 15) is 9.59 Å². The van der Waals surface area contributed by atoms with Crippen LogP contribution in [0.5, 0.6) is 0 Å². The van der Waals surface area contributed by atoms with E-state index in [1.165, 1.54) is 10.8 Å². The van der Waals surface area contributed by atoms with E-state index in [1.807, 2.05) is 20.8 Å². The summed E-state index contributed by atoms with van der Waals surface area (Å²) in [5.41, 5.74) is 0.377. The van der Waals surface area contributed by atoms with Gasteiger partial charge in [0.15, 0.2) is 0 Å². The largest absolute Gasteiger partial charge is 0.513 e. The zero-order chi connectivity index (χ0) is 16.6. The Labute approximate surface area is 135 Å². The van der Waals surface area contributed by atoms with E-state index in [1.54, 1.807) is 24.6 Å². The van der Waals surface area contributed by atoms with Gasteiger partial charge in [0.05, 0.1) is 0 Å². The van der Waals surface area contributed by atoms with Crippen LogP contribution in [0.3, 0.4) is 0 Å². The number of hydrogen-bond acceptors (Lipinski definition) is 7. The zero-order valence-electron chi connectivity index (χ0n) is 13.0. The molecule has 0 aliphatic heterocycles. The van der Waals surface area contributed by atoms with Gasteiger partial charge in [0.2, 0.25) is 0 Å². The molecule has 5 nitrogen and oxygen atoms in total. The van der Waals surface area contributed by atoms with E-state index in [0.717, 1.165) is 0 Å². The lowest BCUT2D eigenvalue weighted by Gasteiger charge is -2.23. The van der Waals surface area contributed by atoms with Crippen LogP contribution < -0.4 is 0 Å². The smallest absolute Gasteiger partial charge is 0.489 e. The van der Waals surface area contributed by atoms with Gasteiger partial charge in [0.25, 0.3) is 0 Å². The van der Waals surface area contributed by atoms with Crippen molar-refractivity contribution in [3.05, 3.63) is 12.2 Å². The Kier molecular flexibility index (Phi) is 9.69. The van der Waals surface area contributed by atoms with E-state index in [2.05, 4.69) is 11.2 Å². The molecule has 0 saturated heterocycles. The minimum Gasteiger partial charge on any atom is -0.513 e. The van der Waals surface area contributed by atoms with Gasteiger partial charge in [-0.3, -0.25) is 0 Å². The van der Waals surface area contributed by atoms with Gasteiger partial charge >= 0.3 is 20.2 Å². The van der Waals surface area contributed by atoms with E-state index in [0.29, 0.717) is 5.57 Å². The Morgan fingerprint density at radius 2 is 1.43 bits per heavy atom. The number of ether oxygens (including phenoxy) is 2. The number of esters is 1. The molecule has 0 aliphatic rings. The fourth-order valence-corrected chi connectivity index (χ4v) is 3.74. The molecule has 0 aromatic carbocycles. The molecule has 0 aromatic rings. The highest BCUT2D eigenvalue weighted by atomic mass is 33.1. The van der Waals surface area contributed by atoms with Crippen LogP contribution >= 0.6 is 21.6 Å². The minimum atomic E-state index is -0.906. The van der Waals surface area contributed by atoms with Gasteiger partial charge in [-0.1, -0.05) is 28.2 Å². The van der Waals surface area contributed by atoms with E-state index in [-0.39, 0.29) is 22.7 Å². The number of hydrogen-bond donors (Lipinski definition) is 0. The summed E-state index contributed by atoms with van der Waals surface area (Å²) in [6.07, 6.45) is -1.50. The van der Waals surface area contributed by atoms with Crippen molar-refractivity contribution < 1.29 is 23.7 Å². The third-order valence-electron chi connectivity index (χ3n) is 2.70. The molecule has 0 bridgehead atoms. The predicted molar refractivity (Wildman–Crippen MR) is 87.3 cm³/mol. The number of carbonyl (C=O) groups is 2. The standard InChI is InChI=1S/C13H21BO5S2/c1-7(2)12(15)17-8(3)10(5)20-21-11(6)9(4)18-13(16)19-14/h8-11H,1H2,2-6H3. The lowest BCUT2D eigenvalue weighted by atomic mass is 10.3. The third-order valence-corrected chi connectivity index (χ3v) is 6.34. The van der Waals surface area contributed by atoms with Crippen LogP contribution in [0.4, 0.5) is 4.79 Å². The van der Waals surface area contributed by atoms with Gasteiger partial charge in [-0.05, 0) is 34.6 Å². The molecule has 0 aromatic heterocycles. The summed E-state index contributed by atoms with van der Waals surface area (Å²) in [6, 6.07) is 0. The van der Waals surface area contributed by atoms with Crippen LogP contribution in [0, 0.1) is 0 Å². The van der Waals surface area contributed by atoms with Crippen molar-refractivity contribution in [1.82, 2.24) is 0 Å². The molecular formula is C13H21BO5S2. The molecule has 8 heteroatoms. The van der Waals surface area contributed by atoms with Crippen molar-refractivity contribution in [2.45, 2.75) is 57.3 Å². The summed E-state index contributed by atoms with van der Waals surface area (Å²) in [5.74, 6) is -0.393. The maximum atomic E-state index is 11.4. The number of rotatable bonds is 8. The molecule has 21 heavy (non-hydrogen) atoms. The first-order valence-electron chi connectivity index (χ1n) is 6.45. The lowest BCUT2D eigenvalue weighted by molar-refractivity contribution is -0.143. The van der Waals surface area contributed by atoms with Crippen molar-refractivity contribution in [2.24, 2.45) is 0 Å². The molecule has 118 valence electrons. The molecule has 0 aliphatic carbocycles. The maximum absolute atomic E-state index is 11.4. The second-order valence-corrected chi connectivity index (χ2v) is 7.71. The van der Waals surface area contributed by atoms with E-state index < -0.39 is 12.1 Å². The van der Waals surface area contributed by atoms with Gasteiger partial charge < -0.3 is 14.1 Å². The van der Waals surface area contributed by atoms with E-state index in [4.69, 9.17) is 17.5 Å². The Morgan fingerprint density at radius 1 is 1.00 bits per heavy atom. The molecule has 2 radical (unpaired) electrons. The van der Waals surface area contributed by atoms with Gasteiger partial charge in [-0.2, -0.15) is 0 Å². The van der Waals surface area contributed by atoms with Crippen molar-refractivity contribution in [1.29, 1.82) is 0 Å². The topological polar surface area (TPSA) is 61.8 Å². The summed E-state index contributed by atoms with van der Waals surface area (Å²) in [4.78, 5) is 22.3. The highest BCUT2D eigenvalue weighted by molar-refractivity contribution is 8.77. The van der Waals surface area contributed by atoms with Gasteiger partial charge in [-0.25, -0.2) is 9.59 Å². The molecule has 0 heterocycles. The van der Waals surface area contributed by atoms with Gasteiger partial charge in [0.1, 0.15) is 12.2 Å². The molecule has 4 unspecified atom stereocenters. The second kappa shape index (κ2) is 10.1. The summed E-state index contributed by atoms with van der Waals surface area (Å²) in [5, 5.41) is 0.106. The molecule has 0 spiro atoms. The average molecular weight is 332 g/mol. The molecule has 0 amide bonds. The average Bonchev–Trinajstić information content (AvgIpc) is 2.43. The Morgan fingerprint density at radius 3 is 1.81 bits per heavy atom. The second-order valence-electron chi connectivity index (χ2n) is 4.68. The van der Waals surface area contributed by atoms with Crippen LogP contribution in [-0.2, 0) is 18.9 Å². The van der Waals surface area contributed by atoms with Gasteiger partial charge in [-0.15, -0.1) is 0 Å². The highest BCUT2D eigenvalue weighted by Gasteiger charge is 2.22. The van der Waals surface area contributed by atoms with Crippen LogP contribution in [0.2, 0.25) is 0 Å².